The molecule has 0 radical (unpaired) electrons. The largest absolute Gasteiger partial charge is 0.497 e. The molecule has 1 aliphatic carbocycles. The standard InChI is InChI=1S/C26H32N4O3/c1-33-20-11-9-18(10-12-20)16-29-15-13-22-21(17-29)25(31)28-24(27-22)23-8-5-14-30(23)26(32)19-6-3-2-4-7-19/h2-3,9-12,19,23H,4-8,13-17H2,1H3,(H,27,28,31)/t19-,23+/m1/s1. The highest BCUT2D eigenvalue weighted by Crippen LogP contribution is 2.33. The number of likely N-dealkylation sites (tertiary alicyclic amines) is 1. The molecule has 7 heteroatoms. The van der Waals surface area contributed by atoms with E-state index in [1.165, 1.54) is 5.56 Å². The molecule has 1 N–H and O–H groups in total. The van der Waals surface area contributed by atoms with Crippen molar-refractivity contribution in [1.82, 2.24) is 19.8 Å². The van der Waals surface area contributed by atoms with Crippen LogP contribution in [-0.4, -0.2) is 45.9 Å². The summed E-state index contributed by atoms with van der Waals surface area (Å²) in [6.07, 6.45) is 9.54. The molecule has 1 aromatic carbocycles. The number of ether oxygens (including phenoxy) is 1. The molecule has 3 aliphatic rings. The van der Waals surface area contributed by atoms with Crippen molar-refractivity contribution in [2.75, 3.05) is 20.2 Å². The summed E-state index contributed by atoms with van der Waals surface area (Å²) >= 11 is 0. The van der Waals surface area contributed by atoms with E-state index >= 15 is 0 Å². The van der Waals surface area contributed by atoms with Crippen LogP contribution in [0.5, 0.6) is 5.75 Å². The molecular formula is C26H32N4O3. The van der Waals surface area contributed by atoms with Crippen molar-refractivity contribution in [2.24, 2.45) is 5.92 Å². The zero-order chi connectivity index (χ0) is 22.8. The number of H-pyrrole nitrogens is 1. The van der Waals surface area contributed by atoms with Gasteiger partial charge in [-0.15, -0.1) is 0 Å². The number of nitrogens with one attached hydrogen (secondary N) is 1. The molecule has 7 nitrogen and oxygen atoms in total. The maximum Gasteiger partial charge on any atom is 0.255 e. The van der Waals surface area contributed by atoms with Gasteiger partial charge < -0.3 is 14.6 Å². The van der Waals surface area contributed by atoms with E-state index in [2.05, 4.69) is 34.2 Å². The third-order valence-electron chi connectivity index (χ3n) is 7.20. The Kier molecular flexibility index (Phi) is 6.31. The Labute approximate surface area is 194 Å². The highest BCUT2D eigenvalue weighted by molar-refractivity contribution is 5.80. The Morgan fingerprint density at radius 1 is 1.18 bits per heavy atom. The number of benzene rings is 1. The normalized spacial score (nSPS) is 22.9. The number of methoxy groups -OCH3 is 1. The number of hydrogen-bond donors (Lipinski definition) is 1. The van der Waals surface area contributed by atoms with Gasteiger partial charge >= 0.3 is 0 Å². The summed E-state index contributed by atoms with van der Waals surface area (Å²) in [5.41, 5.74) is 2.78. The molecule has 33 heavy (non-hydrogen) atoms. The molecule has 1 aromatic heterocycles. The lowest BCUT2D eigenvalue weighted by Gasteiger charge is -2.31. The number of carbonyl (C=O) groups is 1. The number of hydrogen-bond acceptors (Lipinski definition) is 5. The molecule has 3 heterocycles. The van der Waals surface area contributed by atoms with Gasteiger partial charge in [-0.05, 0) is 49.8 Å². The van der Waals surface area contributed by atoms with Crippen LogP contribution in [0.1, 0.15) is 60.8 Å². The first-order chi connectivity index (χ1) is 16.1. The van der Waals surface area contributed by atoms with Crippen LogP contribution in [0.15, 0.2) is 41.2 Å². The average Bonchev–Trinajstić information content (AvgIpc) is 3.35. The van der Waals surface area contributed by atoms with Crippen molar-refractivity contribution in [3.63, 3.8) is 0 Å². The molecule has 0 unspecified atom stereocenters. The summed E-state index contributed by atoms with van der Waals surface area (Å²) in [4.78, 5) is 38.4. The van der Waals surface area contributed by atoms with Gasteiger partial charge in [0.05, 0.1) is 24.4 Å². The number of carbonyl (C=O) groups excluding carboxylic acids is 1. The predicted octanol–water partition coefficient (Wildman–Crippen LogP) is 3.36. The van der Waals surface area contributed by atoms with Crippen LogP contribution >= 0.6 is 0 Å². The number of allylic oxidation sites excluding steroid dienone is 2. The van der Waals surface area contributed by atoms with Crippen molar-refractivity contribution in [1.29, 1.82) is 0 Å². The second kappa shape index (κ2) is 9.51. The number of amides is 1. The molecule has 1 saturated heterocycles. The lowest BCUT2D eigenvalue weighted by Crippen LogP contribution is -2.39. The number of aromatic nitrogens is 2. The monoisotopic (exact) mass is 448 g/mol. The summed E-state index contributed by atoms with van der Waals surface area (Å²) in [6, 6.07) is 7.94. The van der Waals surface area contributed by atoms with Crippen LogP contribution in [0.2, 0.25) is 0 Å². The fourth-order valence-electron chi connectivity index (χ4n) is 5.35. The molecule has 2 aliphatic heterocycles. The lowest BCUT2D eigenvalue weighted by molar-refractivity contribution is -0.136. The van der Waals surface area contributed by atoms with Crippen molar-refractivity contribution in [2.45, 2.75) is 57.7 Å². The summed E-state index contributed by atoms with van der Waals surface area (Å²) in [6.45, 7) is 2.98. The highest BCUT2D eigenvalue weighted by atomic mass is 16.5. The van der Waals surface area contributed by atoms with Gasteiger partial charge in [0.1, 0.15) is 11.6 Å². The fraction of sp³-hybridized carbons (Fsp3) is 0.500. The molecule has 0 saturated carbocycles. The zero-order valence-corrected chi connectivity index (χ0v) is 19.3. The maximum atomic E-state index is 13.2. The van der Waals surface area contributed by atoms with Crippen molar-refractivity contribution in [3.05, 3.63) is 69.4 Å². The van der Waals surface area contributed by atoms with Gasteiger partial charge in [0.25, 0.3) is 5.56 Å². The Morgan fingerprint density at radius 3 is 2.79 bits per heavy atom. The number of aromatic amines is 1. The van der Waals surface area contributed by atoms with Crippen LogP contribution in [0, 0.1) is 5.92 Å². The topological polar surface area (TPSA) is 78.5 Å². The third-order valence-corrected chi connectivity index (χ3v) is 7.20. The zero-order valence-electron chi connectivity index (χ0n) is 19.3. The van der Waals surface area contributed by atoms with Gasteiger partial charge in [0, 0.05) is 38.5 Å². The summed E-state index contributed by atoms with van der Waals surface area (Å²) in [5, 5.41) is 0. The van der Waals surface area contributed by atoms with E-state index in [1.54, 1.807) is 7.11 Å². The Balaban J connectivity index is 1.31. The van der Waals surface area contributed by atoms with Crippen molar-refractivity contribution < 1.29 is 9.53 Å². The first-order valence-electron chi connectivity index (χ1n) is 12.0. The van der Waals surface area contributed by atoms with Crippen LogP contribution in [0.3, 0.4) is 0 Å². The first kappa shape index (κ1) is 21.9. The van der Waals surface area contributed by atoms with E-state index in [9.17, 15) is 9.59 Å². The molecule has 0 spiro atoms. The minimum Gasteiger partial charge on any atom is -0.497 e. The SMILES string of the molecule is COc1ccc(CN2CCc3nc([C@@H]4CCCN4C(=O)[C@@H]4CC=CCC4)[nH]c(=O)c3C2)cc1. The number of rotatable bonds is 5. The summed E-state index contributed by atoms with van der Waals surface area (Å²) in [7, 11) is 1.66. The molecule has 174 valence electrons. The van der Waals surface area contributed by atoms with Gasteiger partial charge in [0.2, 0.25) is 5.91 Å². The van der Waals surface area contributed by atoms with E-state index in [4.69, 9.17) is 9.72 Å². The van der Waals surface area contributed by atoms with Crippen LogP contribution in [0.4, 0.5) is 0 Å². The molecular weight excluding hydrogens is 416 g/mol. The second-order valence-corrected chi connectivity index (χ2v) is 9.36. The third kappa shape index (κ3) is 4.60. The maximum absolute atomic E-state index is 13.2. The number of nitrogens with zero attached hydrogens (tertiary/aromatic N) is 3. The Bertz CT molecular complexity index is 1090. The van der Waals surface area contributed by atoms with E-state index < -0.39 is 0 Å². The minimum absolute atomic E-state index is 0.0608. The molecule has 0 bridgehead atoms. The average molecular weight is 449 g/mol. The Morgan fingerprint density at radius 2 is 2.03 bits per heavy atom. The minimum atomic E-state index is -0.112. The predicted molar refractivity (Wildman–Crippen MR) is 126 cm³/mol. The van der Waals surface area contributed by atoms with E-state index in [0.717, 1.165) is 75.2 Å². The molecule has 2 atom stereocenters. The molecule has 5 rings (SSSR count). The second-order valence-electron chi connectivity index (χ2n) is 9.36. The van der Waals surface area contributed by atoms with E-state index in [0.29, 0.717) is 12.4 Å². The summed E-state index contributed by atoms with van der Waals surface area (Å²) < 4.78 is 5.24. The molecule has 1 amide bonds. The van der Waals surface area contributed by atoms with E-state index in [-0.39, 0.29) is 23.4 Å². The summed E-state index contributed by atoms with van der Waals surface area (Å²) in [5.74, 6) is 1.79. The fourth-order valence-corrected chi connectivity index (χ4v) is 5.35. The van der Waals surface area contributed by atoms with Gasteiger partial charge in [0.15, 0.2) is 0 Å². The van der Waals surface area contributed by atoms with Crippen LogP contribution in [-0.2, 0) is 24.3 Å². The van der Waals surface area contributed by atoms with E-state index in [1.807, 2.05) is 17.0 Å². The first-order valence-corrected chi connectivity index (χ1v) is 12.0. The molecule has 2 aromatic rings. The van der Waals surface area contributed by atoms with Crippen LogP contribution in [0.25, 0.3) is 0 Å². The van der Waals surface area contributed by atoms with Gasteiger partial charge in [-0.3, -0.25) is 14.5 Å². The quantitative estimate of drug-likeness (QED) is 0.710. The van der Waals surface area contributed by atoms with Crippen LogP contribution < -0.4 is 10.3 Å². The van der Waals surface area contributed by atoms with Gasteiger partial charge in [-0.1, -0.05) is 24.3 Å². The van der Waals surface area contributed by atoms with Crippen molar-refractivity contribution in [3.8, 4) is 5.75 Å². The smallest absolute Gasteiger partial charge is 0.255 e. The van der Waals surface area contributed by atoms with Gasteiger partial charge in [-0.2, -0.15) is 0 Å². The van der Waals surface area contributed by atoms with Gasteiger partial charge in [-0.25, -0.2) is 4.98 Å². The van der Waals surface area contributed by atoms with Crippen molar-refractivity contribution >= 4 is 5.91 Å². The highest BCUT2D eigenvalue weighted by Gasteiger charge is 2.36. The lowest BCUT2D eigenvalue weighted by atomic mass is 9.93. The Hall–Kier alpha value is -2.93. The molecule has 1 fully saturated rings. The number of fused-ring (bicyclic) bond motifs is 1.